The molecule has 0 radical (unpaired) electrons. The van der Waals surface area contributed by atoms with Crippen molar-refractivity contribution in [1.29, 1.82) is 0 Å². The molecule has 3 aromatic rings. The molecule has 0 saturated carbocycles. The minimum atomic E-state index is -0.938. The zero-order chi connectivity index (χ0) is 19.4. The highest BCUT2D eigenvalue weighted by Crippen LogP contribution is 2.26. The second-order valence-electron chi connectivity index (χ2n) is 5.83. The van der Waals surface area contributed by atoms with Gasteiger partial charge in [0.25, 0.3) is 5.91 Å². The Morgan fingerprint density at radius 3 is 2.48 bits per heavy atom. The molecule has 0 fully saturated rings. The van der Waals surface area contributed by atoms with Gasteiger partial charge in [-0.05, 0) is 29.8 Å². The highest BCUT2D eigenvalue weighted by molar-refractivity contribution is 6.36. The molecule has 0 aliphatic rings. The maximum Gasteiger partial charge on any atom is 0.328 e. The molecule has 27 heavy (non-hydrogen) atoms. The van der Waals surface area contributed by atoms with Crippen molar-refractivity contribution in [2.75, 3.05) is 7.11 Å². The Kier molecular flexibility index (Phi) is 5.94. The lowest BCUT2D eigenvalue weighted by Gasteiger charge is -2.18. The summed E-state index contributed by atoms with van der Waals surface area (Å²) in [7, 11) is 1.26. The number of ether oxygens (including phenoxy) is 1. The Morgan fingerprint density at radius 2 is 1.78 bits per heavy atom. The molecule has 1 atom stereocenters. The molecule has 0 spiro atoms. The van der Waals surface area contributed by atoms with Crippen molar-refractivity contribution in [3.63, 3.8) is 0 Å². The van der Waals surface area contributed by atoms with Crippen LogP contribution in [0.25, 0.3) is 10.9 Å². The van der Waals surface area contributed by atoms with Crippen LogP contribution in [0.2, 0.25) is 10.0 Å². The number of esters is 1. The molecule has 3 rings (SSSR count). The molecule has 5 nitrogen and oxygen atoms in total. The van der Waals surface area contributed by atoms with Crippen LogP contribution in [0.15, 0.2) is 54.7 Å². The third-order valence-electron chi connectivity index (χ3n) is 4.15. The Morgan fingerprint density at radius 1 is 1.07 bits per heavy atom. The SMILES string of the molecule is COC(=O)[C@H](Cc1c(Cl)cccc1Cl)NC(=O)c1ccnc2ccccc12. The first-order valence-electron chi connectivity index (χ1n) is 8.16. The van der Waals surface area contributed by atoms with Crippen LogP contribution < -0.4 is 5.32 Å². The summed E-state index contributed by atoms with van der Waals surface area (Å²) >= 11 is 12.4. The summed E-state index contributed by atoms with van der Waals surface area (Å²) in [5, 5.41) is 4.25. The summed E-state index contributed by atoms with van der Waals surface area (Å²) in [5.74, 6) is -0.995. The second-order valence-corrected chi connectivity index (χ2v) is 6.64. The molecule has 2 aromatic carbocycles. The maximum atomic E-state index is 12.8. The fourth-order valence-electron chi connectivity index (χ4n) is 2.80. The average Bonchev–Trinajstić information content (AvgIpc) is 2.68. The predicted octanol–water partition coefficient (Wildman–Crippen LogP) is 4.06. The molecule has 1 heterocycles. The fourth-order valence-corrected chi connectivity index (χ4v) is 3.35. The number of benzene rings is 2. The van der Waals surface area contributed by atoms with Crippen molar-refractivity contribution in [2.24, 2.45) is 0 Å². The smallest absolute Gasteiger partial charge is 0.328 e. The fraction of sp³-hybridized carbons (Fsp3) is 0.150. The van der Waals surface area contributed by atoms with Gasteiger partial charge in [-0.3, -0.25) is 9.78 Å². The summed E-state index contributed by atoms with van der Waals surface area (Å²) in [4.78, 5) is 29.3. The van der Waals surface area contributed by atoms with E-state index in [9.17, 15) is 9.59 Å². The number of carbonyl (C=O) groups excluding carboxylic acids is 2. The third-order valence-corrected chi connectivity index (χ3v) is 4.86. The lowest BCUT2D eigenvalue weighted by molar-refractivity contribution is -0.142. The number of nitrogens with one attached hydrogen (secondary N) is 1. The molecule has 0 bridgehead atoms. The van der Waals surface area contributed by atoms with E-state index in [0.717, 1.165) is 0 Å². The Bertz CT molecular complexity index is 982. The van der Waals surface area contributed by atoms with Crippen LogP contribution in [0.5, 0.6) is 0 Å². The van der Waals surface area contributed by atoms with Crippen molar-refractivity contribution in [3.8, 4) is 0 Å². The molecule has 0 aliphatic carbocycles. The molecule has 1 N–H and O–H groups in total. The van der Waals surface area contributed by atoms with Crippen LogP contribution in [-0.2, 0) is 16.0 Å². The van der Waals surface area contributed by atoms with E-state index in [1.165, 1.54) is 7.11 Å². The van der Waals surface area contributed by atoms with Crippen molar-refractivity contribution < 1.29 is 14.3 Å². The van der Waals surface area contributed by atoms with Gasteiger partial charge in [0.1, 0.15) is 6.04 Å². The second kappa shape index (κ2) is 8.37. The number of rotatable bonds is 5. The number of aromatic nitrogens is 1. The van der Waals surface area contributed by atoms with Crippen LogP contribution in [0, 0.1) is 0 Å². The zero-order valence-corrected chi connectivity index (χ0v) is 15.9. The van der Waals surface area contributed by atoms with E-state index < -0.39 is 17.9 Å². The van der Waals surface area contributed by atoms with Gasteiger partial charge in [-0.15, -0.1) is 0 Å². The van der Waals surface area contributed by atoms with E-state index in [2.05, 4.69) is 10.3 Å². The van der Waals surface area contributed by atoms with Crippen LogP contribution >= 0.6 is 23.2 Å². The van der Waals surface area contributed by atoms with Gasteiger partial charge in [0.05, 0.1) is 18.2 Å². The number of hydrogen-bond acceptors (Lipinski definition) is 4. The zero-order valence-electron chi connectivity index (χ0n) is 14.4. The summed E-state index contributed by atoms with van der Waals surface area (Å²) in [5.41, 5.74) is 1.67. The first kappa shape index (κ1) is 19.1. The molecular formula is C20H16Cl2N2O3. The Hall–Kier alpha value is -2.63. The van der Waals surface area contributed by atoms with Gasteiger partial charge in [-0.25, -0.2) is 4.79 Å². The number of amides is 1. The normalized spacial score (nSPS) is 11.8. The molecule has 138 valence electrons. The van der Waals surface area contributed by atoms with E-state index in [1.807, 2.05) is 18.2 Å². The predicted molar refractivity (Wildman–Crippen MR) is 105 cm³/mol. The van der Waals surface area contributed by atoms with Crippen LogP contribution in [0.4, 0.5) is 0 Å². The maximum absolute atomic E-state index is 12.8. The Balaban J connectivity index is 1.90. The monoisotopic (exact) mass is 402 g/mol. The molecule has 1 aromatic heterocycles. The van der Waals surface area contributed by atoms with E-state index in [4.69, 9.17) is 27.9 Å². The third kappa shape index (κ3) is 4.21. The largest absolute Gasteiger partial charge is 0.467 e. The van der Waals surface area contributed by atoms with E-state index >= 15 is 0 Å². The number of halogens is 2. The molecule has 7 heteroatoms. The molecular weight excluding hydrogens is 387 g/mol. The van der Waals surface area contributed by atoms with Gasteiger partial charge in [0.15, 0.2) is 0 Å². The number of carbonyl (C=O) groups is 2. The lowest BCUT2D eigenvalue weighted by atomic mass is 10.0. The first-order chi connectivity index (χ1) is 13.0. The van der Waals surface area contributed by atoms with E-state index in [1.54, 1.807) is 36.5 Å². The summed E-state index contributed by atoms with van der Waals surface area (Å²) in [6, 6.07) is 13.0. The molecule has 1 amide bonds. The van der Waals surface area contributed by atoms with Gasteiger partial charge in [-0.2, -0.15) is 0 Å². The summed E-state index contributed by atoms with van der Waals surface area (Å²) in [6.07, 6.45) is 1.66. The first-order valence-corrected chi connectivity index (χ1v) is 8.92. The summed E-state index contributed by atoms with van der Waals surface area (Å²) in [6.45, 7) is 0. The van der Waals surface area contributed by atoms with Crippen molar-refractivity contribution in [2.45, 2.75) is 12.5 Å². The van der Waals surface area contributed by atoms with Crippen molar-refractivity contribution >= 4 is 46.0 Å². The molecule has 0 aliphatic heterocycles. The number of methoxy groups -OCH3 is 1. The standard InChI is InChI=1S/C20H16Cl2N2O3/c1-27-20(26)18(11-14-15(21)6-4-7-16(14)22)24-19(25)13-9-10-23-17-8-3-2-5-12(13)17/h2-10,18H,11H2,1H3,(H,24,25)/t18-/m0/s1. The minimum absolute atomic E-state index is 0.111. The highest BCUT2D eigenvalue weighted by atomic mass is 35.5. The number of hydrogen-bond donors (Lipinski definition) is 1. The quantitative estimate of drug-likeness (QED) is 0.653. The molecule has 0 unspecified atom stereocenters. The number of nitrogens with zero attached hydrogens (tertiary/aromatic N) is 1. The number of pyridine rings is 1. The van der Waals surface area contributed by atoms with Crippen LogP contribution in [0.3, 0.4) is 0 Å². The number of fused-ring (bicyclic) bond motifs is 1. The highest BCUT2D eigenvalue weighted by Gasteiger charge is 2.25. The molecule has 0 saturated heterocycles. The van der Waals surface area contributed by atoms with Gasteiger partial charge >= 0.3 is 5.97 Å². The van der Waals surface area contributed by atoms with E-state index in [0.29, 0.717) is 32.1 Å². The average molecular weight is 403 g/mol. The van der Waals surface area contributed by atoms with E-state index in [-0.39, 0.29) is 6.42 Å². The number of para-hydroxylation sites is 1. The minimum Gasteiger partial charge on any atom is -0.467 e. The van der Waals surface area contributed by atoms with Gasteiger partial charge in [0, 0.05) is 28.0 Å². The van der Waals surface area contributed by atoms with Gasteiger partial charge in [-0.1, -0.05) is 47.5 Å². The van der Waals surface area contributed by atoms with Crippen molar-refractivity contribution in [1.82, 2.24) is 10.3 Å². The van der Waals surface area contributed by atoms with Crippen LogP contribution in [0.1, 0.15) is 15.9 Å². The lowest BCUT2D eigenvalue weighted by Crippen LogP contribution is -2.43. The Labute approximate surface area is 166 Å². The van der Waals surface area contributed by atoms with Crippen molar-refractivity contribution in [3.05, 3.63) is 75.9 Å². The summed E-state index contributed by atoms with van der Waals surface area (Å²) < 4.78 is 4.84. The van der Waals surface area contributed by atoms with Gasteiger partial charge in [0.2, 0.25) is 0 Å². The topological polar surface area (TPSA) is 68.3 Å². The van der Waals surface area contributed by atoms with Crippen LogP contribution in [-0.4, -0.2) is 30.0 Å². The van der Waals surface area contributed by atoms with Gasteiger partial charge < -0.3 is 10.1 Å².